The largest absolute Gasteiger partial charge is 0.480 e. The van der Waals surface area contributed by atoms with Gasteiger partial charge in [-0.3, -0.25) is 121 Å². The van der Waals surface area contributed by atoms with E-state index in [1.54, 1.807) is 0 Å². The van der Waals surface area contributed by atoms with Crippen molar-refractivity contribution in [3.05, 3.63) is 34.9 Å². The predicted molar refractivity (Wildman–Crippen MR) is 280 cm³/mol. The highest BCUT2D eigenvalue weighted by Gasteiger charge is 2.35. The zero-order valence-electron chi connectivity index (χ0n) is 45.5. The number of hydrogen-bond donors (Lipinski definition) is 10. The molecule has 1 aromatic carbocycles. The minimum atomic E-state index is -1.40. The van der Waals surface area contributed by atoms with Gasteiger partial charge in [0, 0.05) is 113 Å². The minimum Gasteiger partial charge on any atom is -0.480 e. The molecule has 0 aliphatic carbocycles. The number of ketones is 4. The first-order valence-corrected chi connectivity index (χ1v) is 26.0. The van der Waals surface area contributed by atoms with Crippen molar-refractivity contribution in [1.82, 2.24) is 49.4 Å². The Balaban J connectivity index is 1.64. The van der Waals surface area contributed by atoms with Crippen molar-refractivity contribution in [1.29, 1.82) is 0 Å². The third-order valence-corrected chi connectivity index (χ3v) is 13.6. The van der Waals surface area contributed by atoms with Crippen LogP contribution in [0.25, 0.3) is 0 Å². The van der Waals surface area contributed by atoms with E-state index in [4.69, 9.17) is 0 Å². The number of hydrogen-bond acceptors (Lipinski definition) is 24. The fraction of sp³-hybridized carbons (Fsp3) is 0.580. The summed E-state index contributed by atoms with van der Waals surface area (Å²) in [6.45, 7) is -8.67. The summed E-state index contributed by atoms with van der Waals surface area (Å²) >= 11 is 0. The SMILES string of the molecule is O=C(O)CN1CCN(CC(=O)CC(=O)c2cc(C(=O)CC(=O)CN3CCN(CC(=O)O)CC(N(CC(=O)O)CC(=O)O)C3)cc(C(=O)NC(=O)CN3CCN(CC(=O)O)CC(N(CC(=O)O)CC(=O)O)C3)c2)CC(N(CC(=O)O)CC(=O)O)C1. The molecule has 0 saturated carbocycles. The van der Waals surface area contributed by atoms with E-state index in [0.717, 1.165) is 32.9 Å². The number of carbonyl (C=O) groups excluding carboxylic acids is 6. The van der Waals surface area contributed by atoms with E-state index in [1.807, 2.05) is 0 Å². The average Bonchev–Trinajstić information content (AvgIpc) is 3.98. The maximum absolute atomic E-state index is 14.1. The van der Waals surface area contributed by atoms with Gasteiger partial charge in [0.05, 0.1) is 91.4 Å². The molecule has 0 spiro atoms. The number of aliphatic carboxylic acids is 9. The molecule has 0 radical (unpaired) electrons. The van der Waals surface area contributed by atoms with Gasteiger partial charge in [-0.15, -0.1) is 0 Å². The molecule has 4 rings (SSSR count). The molecular weight excluding hydrogens is 1120 g/mol. The van der Waals surface area contributed by atoms with Crippen LogP contribution in [0.3, 0.4) is 0 Å². The third-order valence-electron chi connectivity index (χ3n) is 13.6. The first kappa shape index (κ1) is 68.4. The highest BCUT2D eigenvalue weighted by molar-refractivity contribution is 6.14. The first-order chi connectivity index (χ1) is 39.4. The Morgan fingerprint density at radius 3 is 0.833 bits per heavy atom. The van der Waals surface area contributed by atoms with Gasteiger partial charge in [0.25, 0.3) is 5.91 Å². The molecule has 0 aromatic heterocycles. The van der Waals surface area contributed by atoms with E-state index in [2.05, 4.69) is 5.32 Å². The number of amides is 2. The lowest BCUT2D eigenvalue weighted by Gasteiger charge is -2.32. The smallest absolute Gasteiger partial charge is 0.317 e. The van der Waals surface area contributed by atoms with Crippen LogP contribution >= 0.6 is 0 Å². The summed E-state index contributed by atoms with van der Waals surface area (Å²) in [5, 5.41) is 87.9. The number of carboxylic acids is 9. The van der Waals surface area contributed by atoms with Gasteiger partial charge in [0.15, 0.2) is 23.1 Å². The lowest BCUT2D eigenvalue weighted by Crippen LogP contribution is -2.52. The van der Waals surface area contributed by atoms with Gasteiger partial charge in [-0.05, 0) is 18.2 Å². The molecule has 3 saturated heterocycles. The fourth-order valence-electron chi connectivity index (χ4n) is 10.2. The average molecular weight is 1190 g/mol. The monoisotopic (exact) mass is 1190 g/mol. The Kier molecular flexibility index (Phi) is 26.6. The van der Waals surface area contributed by atoms with Crippen molar-refractivity contribution in [2.45, 2.75) is 31.0 Å². The van der Waals surface area contributed by atoms with Crippen molar-refractivity contribution in [3.63, 3.8) is 0 Å². The fourth-order valence-corrected chi connectivity index (χ4v) is 10.2. The Labute approximate surface area is 477 Å². The molecule has 3 fully saturated rings. The number of carboxylic acid groups (broad SMARTS) is 9. The molecule has 84 heavy (non-hydrogen) atoms. The van der Waals surface area contributed by atoms with E-state index in [-0.39, 0.29) is 78.5 Å². The van der Waals surface area contributed by atoms with E-state index in [9.17, 15) is 118 Å². The Bertz CT molecular complexity index is 2350. The van der Waals surface area contributed by atoms with Gasteiger partial charge in [-0.1, -0.05) is 0 Å². The topological polar surface area (TPSA) is 479 Å². The van der Waals surface area contributed by atoms with E-state index >= 15 is 0 Å². The van der Waals surface area contributed by atoms with Crippen LogP contribution in [0.1, 0.15) is 43.9 Å². The molecule has 3 aliphatic rings. The molecular formula is C50H68N10O24. The van der Waals surface area contributed by atoms with Crippen LogP contribution in [0.15, 0.2) is 18.2 Å². The number of carbonyl (C=O) groups is 15. The predicted octanol–water partition coefficient (Wildman–Crippen LogP) is -6.15. The lowest BCUT2D eigenvalue weighted by molar-refractivity contribution is -0.145. The summed E-state index contributed by atoms with van der Waals surface area (Å²) in [7, 11) is 0. The summed E-state index contributed by atoms with van der Waals surface area (Å²) in [6, 6.07) is 0.0239. The van der Waals surface area contributed by atoms with E-state index in [0.29, 0.717) is 0 Å². The summed E-state index contributed by atoms with van der Waals surface area (Å²) in [5.74, 6) is -17.9. The summed E-state index contributed by atoms with van der Waals surface area (Å²) < 4.78 is 0. The molecule has 3 unspecified atom stereocenters. The molecule has 3 atom stereocenters. The molecule has 34 nitrogen and oxygen atoms in total. The number of nitrogens with zero attached hydrogens (tertiary/aromatic N) is 9. The highest BCUT2D eigenvalue weighted by Crippen LogP contribution is 2.19. The van der Waals surface area contributed by atoms with Crippen molar-refractivity contribution in [2.24, 2.45) is 0 Å². The number of Topliss-reactive ketones (excluding diaryl/α,β-unsaturated/α-hetero) is 4. The molecule has 0 bridgehead atoms. The maximum Gasteiger partial charge on any atom is 0.317 e. The van der Waals surface area contributed by atoms with Gasteiger partial charge in [-0.2, -0.15) is 0 Å². The van der Waals surface area contributed by atoms with E-state index in [1.165, 1.54) is 29.4 Å². The van der Waals surface area contributed by atoms with Gasteiger partial charge in [0.2, 0.25) is 5.91 Å². The summed E-state index contributed by atoms with van der Waals surface area (Å²) in [5.41, 5.74) is -1.43. The summed E-state index contributed by atoms with van der Waals surface area (Å²) in [6.07, 6.45) is -1.84. The summed E-state index contributed by atoms with van der Waals surface area (Å²) in [4.78, 5) is 200. The number of nitrogens with one attached hydrogen (secondary N) is 1. The van der Waals surface area contributed by atoms with Gasteiger partial charge in [0.1, 0.15) is 0 Å². The highest BCUT2D eigenvalue weighted by atomic mass is 16.4. The molecule has 2 amide bonds. The third kappa shape index (κ3) is 24.4. The lowest BCUT2D eigenvalue weighted by atomic mass is 9.96. The van der Waals surface area contributed by atoms with Crippen molar-refractivity contribution < 1.29 is 118 Å². The van der Waals surface area contributed by atoms with Crippen molar-refractivity contribution >= 4 is 88.7 Å². The molecule has 3 heterocycles. The van der Waals surface area contributed by atoms with E-state index < -0.39 is 215 Å². The molecule has 1 aromatic rings. The van der Waals surface area contributed by atoms with Crippen molar-refractivity contribution in [3.8, 4) is 0 Å². The molecule has 3 aliphatic heterocycles. The normalized spacial score (nSPS) is 18.9. The van der Waals surface area contributed by atoms with Crippen LogP contribution in [0, 0.1) is 0 Å². The Morgan fingerprint density at radius 1 is 0.345 bits per heavy atom. The maximum atomic E-state index is 14.1. The minimum absolute atomic E-state index is 0.00272. The second kappa shape index (κ2) is 32.7. The quantitative estimate of drug-likeness (QED) is 0.0227. The van der Waals surface area contributed by atoms with Gasteiger partial charge < -0.3 is 46.0 Å². The van der Waals surface area contributed by atoms with Crippen LogP contribution in [-0.2, 0) is 57.5 Å². The van der Waals surface area contributed by atoms with Crippen molar-refractivity contribution in [2.75, 3.05) is 157 Å². The van der Waals surface area contributed by atoms with Crippen LogP contribution in [-0.4, -0.2) is 354 Å². The first-order valence-electron chi connectivity index (χ1n) is 26.0. The van der Waals surface area contributed by atoms with Crippen LogP contribution < -0.4 is 5.32 Å². The van der Waals surface area contributed by atoms with Gasteiger partial charge >= 0.3 is 53.7 Å². The number of benzene rings is 1. The van der Waals surface area contributed by atoms with Gasteiger partial charge in [-0.25, -0.2) is 0 Å². The number of rotatable bonds is 34. The second-order valence-electron chi connectivity index (χ2n) is 20.6. The standard InChI is InChI=1S/C50H68N10O24/c61-36(18-52-1-4-55(21-41(66)67)15-33(12-52)58(24-44(72)73)25-45(74)75)10-38(63)30-7-31(39(64)11-37(62)19-53-2-5-56(22-42(68)69)16-34(13-53)59(26-46(76)77)27-47(78)79)9-32(8-30)50(84)51-40(65)20-54-3-6-57(23-43(70)71)17-35(14-54)60(28-48(80)81)29-49(82)83/h7-9,33-35H,1-6,10-29H2,(H,66,67)(H,68,69)(H,70,71)(H,72,73)(H,74,75)(H,76,77)(H,78,79)(H,80,81)(H,82,83)(H,51,65,84). The molecule has 10 N–H and O–H groups in total. The molecule has 34 heteroatoms. The van der Waals surface area contributed by atoms with Crippen LogP contribution in [0.5, 0.6) is 0 Å². The van der Waals surface area contributed by atoms with Crippen LogP contribution in [0.2, 0.25) is 0 Å². The second-order valence-corrected chi connectivity index (χ2v) is 20.6. The number of imide groups is 1. The Hall–Kier alpha value is -8.09. The Morgan fingerprint density at radius 2 is 0.583 bits per heavy atom. The zero-order chi connectivity index (χ0) is 62.5. The van der Waals surface area contributed by atoms with Crippen LogP contribution in [0.4, 0.5) is 0 Å². The molecule has 462 valence electrons. The zero-order valence-corrected chi connectivity index (χ0v) is 45.5.